The number of rotatable bonds is 9. The average molecular weight is 503 g/mol. The van der Waals surface area contributed by atoms with Crippen LogP contribution in [0.25, 0.3) is 11.0 Å². The molecule has 0 saturated heterocycles. The third-order valence-corrected chi connectivity index (χ3v) is 7.11. The lowest BCUT2D eigenvalue weighted by Crippen LogP contribution is -2.22. The van der Waals surface area contributed by atoms with Gasteiger partial charge in [-0.1, -0.05) is 48.9 Å². The van der Waals surface area contributed by atoms with Gasteiger partial charge in [0, 0.05) is 14.7 Å². The molecule has 0 radical (unpaired) electrons. The van der Waals surface area contributed by atoms with Crippen molar-refractivity contribution in [1.82, 2.24) is 9.55 Å². The van der Waals surface area contributed by atoms with E-state index in [4.69, 9.17) is 32.7 Å². The first-order valence-electron chi connectivity index (χ1n) is 9.74. The standard InChI is InChI=1S/C21H22Cl2F2N2O4Si/c1-32(2,3)8-7-30-11-27-16-9-13(22)20(26-18(16)17(19(27)23)21(28)29)31-10-12-14(24)5-4-6-15(12)25/h4-6,9H,7-8,10-11H2,1-3H3,(H,28,29). The summed E-state index contributed by atoms with van der Waals surface area (Å²) in [5, 5.41) is 9.61. The van der Waals surface area contributed by atoms with Gasteiger partial charge in [0.15, 0.2) is 0 Å². The lowest BCUT2D eigenvalue weighted by molar-refractivity contribution is 0.0696. The molecule has 0 aliphatic heterocycles. The number of halogens is 4. The maximum atomic E-state index is 13.9. The largest absolute Gasteiger partial charge is 0.478 e. The first-order valence-corrected chi connectivity index (χ1v) is 14.2. The van der Waals surface area contributed by atoms with Crippen LogP contribution in [0.2, 0.25) is 35.9 Å². The van der Waals surface area contributed by atoms with Gasteiger partial charge < -0.3 is 19.1 Å². The summed E-state index contributed by atoms with van der Waals surface area (Å²) in [6.07, 6.45) is 0. The Kier molecular flexibility index (Phi) is 7.44. The number of fused-ring (bicyclic) bond motifs is 1. The first-order chi connectivity index (χ1) is 15.0. The van der Waals surface area contributed by atoms with Crippen LogP contribution in [0.1, 0.15) is 15.9 Å². The Labute approximate surface area is 194 Å². The minimum atomic E-state index is -1.30. The molecule has 2 aromatic heterocycles. The van der Waals surface area contributed by atoms with Gasteiger partial charge in [-0.05, 0) is 24.2 Å². The molecule has 2 heterocycles. The molecule has 11 heteroatoms. The van der Waals surface area contributed by atoms with E-state index in [1.165, 1.54) is 16.7 Å². The molecule has 1 N–H and O–H groups in total. The van der Waals surface area contributed by atoms with Gasteiger partial charge in [0.25, 0.3) is 0 Å². The van der Waals surface area contributed by atoms with Gasteiger partial charge in [0.05, 0.1) is 11.1 Å². The van der Waals surface area contributed by atoms with E-state index in [-0.39, 0.29) is 39.4 Å². The Balaban J connectivity index is 1.92. The SMILES string of the molecule is C[Si](C)(C)CCOCn1c(Cl)c(C(=O)O)c2nc(OCc3c(F)cccc3F)c(Cl)cc21. The van der Waals surface area contributed by atoms with Gasteiger partial charge in [-0.25, -0.2) is 18.6 Å². The van der Waals surface area contributed by atoms with Crippen LogP contribution in [0.5, 0.6) is 5.88 Å². The van der Waals surface area contributed by atoms with Gasteiger partial charge >= 0.3 is 5.97 Å². The molecule has 172 valence electrons. The Morgan fingerprint density at radius 3 is 2.47 bits per heavy atom. The molecule has 0 aliphatic carbocycles. The van der Waals surface area contributed by atoms with E-state index in [1.807, 2.05) is 0 Å². The van der Waals surface area contributed by atoms with E-state index in [1.54, 1.807) is 0 Å². The van der Waals surface area contributed by atoms with E-state index in [9.17, 15) is 18.7 Å². The van der Waals surface area contributed by atoms with E-state index >= 15 is 0 Å². The van der Waals surface area contributed by atoms with Crippen LogP contribution in [-0.4, -0.2) is 35.3 Å². The van der Waals surface area contributed by atoms with Crippen molar-refractivity contribution < 1.29 is 28.2 Å². The van der Waals surface area contributed by atoms with Gasteiger partial charge in [0.2, 0.25) is 5.88 Å². The van der Waals surface area contributed by atoms with Gasteiger partial charge in [-0.2, -0.15) is 0 Å². The number of carboxylic acids is 1. The molecule has 0 bridgehead atoms. The Bertz CT molecular complexity index is 1140. The van der Waals surface area contributed by atoms with Crippen molar-refractivity contribution in [3.63, 3.8) is 0 Å². The summed E-state index contributed by atoms with van der Waals surface area (Å²) in [5.74, 6) is -3.02. The highest BCUT2D eigenvalue weighted by Gasteiger charge is 2.25. The number of hydrogen-bond donors (Lipinski definition) is 1. The quantitative estimate of drug-likeness (QED) is 0.278. The summed E-state index contributed by atoms with van der Waals surface area (Å²) in [4.78, 5) is 16.0. The minimum absolute atomic E-state index is 0.0196. The number of benzene rings is 1. The number of hydrogen-bond acceptors (Lipinski definition) is 4. The Hall–Kier alpha value is -2.20. The zero-order valence-electron chi connectivity index (χ0n) is 17.7. The predicted octanol–water partition coefficient (Wildman–Crippen LogP) is 6.21. The molecular formula is C21H22Cl2F2N2O4Si. The van der Waals surface area contributed by atoms with Crippen LogP contribution in [-0.2, 0) is 18.1 Å². The normalized spacial score (nSPS) is 11.8. The van der Waals surface area contributed by atoms with Crippen molar-refractivity contribution >= 4 is 48.3 Å². The molecule has 0 atom stereocenters. The molecule has 0 spiro atoms. The number of aromatic nitrogens is 2. The minimum Gasteiger partial charge on any atom is -0.478 e. The topological polar surface area (TPSA) is 73.6 Å². The number of carbonyl (C=O) groups is 1. The molecule has 0 fully saturated rings. The van der Waals surface area contributed by atoms with Crippen molar-refractivity contribution in [2.75, 3.05) is 6.61 Å². The fourth-order valence-corrected chi connectivity index (χ4v) is 4.22. The third-order valence-electron chi connectivity index (χ3n) is 4.74. The maximum absolute atomic E-state index is 13.9. The Morgan fingerprint density at radius 1 is 1.22 bits per heavy atom. The third kappa shape index (κ3) is 5.40. The van der Waals surface area contributed by atoms with Crippen LogP contribution >= 0.6 is 23.2 Å². The van der Waals surface area contributed by atoms with E-state index in [0.717, 1.165) is 18.2 Å². The second-order valence-corrected chi connectivity index (χ2v) is 14.8. The second kappa shape index (κ2) is 9.74. The van der Waals surface area contributed by atoms with Crippen LogP contribution < -0.4 is 4.74 Å². The molecule has 3 rings (SSSR count). The van der Waals surface area contributed by atoms with Crippen molar-refractivity contribution in [2.45, 2.75) is 39.0 Å². The van der Waals surface area contributed by atoms with Gasteiger partial charge in [0.1, 0.15) is 46.2 Å². The second-order valence-electron chi connectivity index (χ2n) is 8.38. The molecule has 3 aromatic rings. The maximum Gasteiger partial charge on any atom is 0.341 e. The first kappa shape index (κ1) is 24.4. The summed E-state index contributed by atoms with van der Waals surface area (Å²) in [5.41, 5.74) is -0.163. The molecule has 32 heavy (non-hydrogen) atoms. The molecule has 0 amide bonds. The monoisotopic (exact) mass is 502 g/mol. The van der Waals surface area contributed by atoms with Crippen LogP contribution in [0.4, 0.5) is 8.78 Å². The van der Waals surface area contributed by atoms with Crippen molar-refractivity contribution in [3.8, 4) is 5.88 Å². The lowest BCUT2D eigenvalue weighted by Gasteiger charge is -2.16. The molecule has 0 saturated carbocycles. The van der Waals surface area contributed by atoms with Crippen LogP contribution in [0, 0.1) is 11.6 Å². The van der Waals surface area contributed by atoms with Gasteiger partial charge in [-0.3, -0.25) is 0 Å². The van der Waals surface area contributed by atoms with Crippen molar-refractivity contribution in [1.29, 1.82) is 0 Å². The molecule has 6 nitrogen and oxygen atoms in total. The summed E-state index contributed by atoms with van der Waals surface area (Å²) >= 11 is 12.6. The smallest absolute Gasteiger partial charge is 0.341 e. The number of nitrogens with zero attached hydrogens (tertiary/aromatic N) is 2. The highest BCUT2D eigenvalue weighted by molar-refractivity contribution is 6.76. The molecule has 1 aromatic carbocycles. The van der Waals surface area contributed by atoms with E-state index in [2.05, 4.69) is 24.6 Å². The van der Waals surface area contributed by atoms with Crippen molar-refractivity contribution in [2.24, 2.45) is 0 Å². The number of carboxylic acid groups (broad SMARTS) is 1. The lowest BCUT2D eigenvalue weighted by atomic mass is 10.2. The van der Waals surface area contributed by atoms with Gasteiger partial charge in [-0.15, -0.1) is 0 Å². The van der Waals surface area contributed by atoms with E-state index < -0.39 is 32.3 Å². The Morgan fingerprint density at radius 2 is 1.88 bits per heavy atom. The average Bonchev–Trinajstić information content (AvgIpc) is 2.94. The zero-order chi connectivity index (χ0) is 23.6. The fourth-order valence-electron chi connectivity index (χ4n) is 2.95. The number of pyridine rings is 1. The highest BCUT2D eigenvalue weighted by Crippen LogP contribution is 2.35. The van der Waals surface area contributed by atoms with Crippen LogP contribution in [0.15, 0.2) is 24.3 Å². The number of aromatic carboxylic acids is 1. The predicted molar refractivity (Wildman–Crippen MR) is 122 cm³/mol. The summed E-state index contributed by atoms with van der Waals surface area (Å²) in [6.45, 7) is 6.70. The summed E-state index contributed by atoms with van der Waals surface area (Å²) < 4.78 is 40.3. The number of ether oxygens (including phenoxy) is 2. The zero-order valence-corrected chi connectivity index (χ0v) is 20.2. The molecule has 0 aliphatic rings. The van der Waals surface area contributed by atoms with Crippen molar-refractivity contribution in [3.05, 3.63) is 57.2 Å². The molecule has 0 unspecified atom stereocenters. The fraction of sp³-hybridized carbons (Fsp3) is 0.333. The highest BCUT2D eigenvalue weighted by atomic mass is 35.5. The van der Waals surface area contributed by atoms with E-state index in [0.29, 0.717) is 12.1 Å². The summed E-state index contributed by atoms with van der Waals surface area (Å²) in [7, 11) is -1.30. The molecular weight excluding hydrogens is 481 g/mol. The summed E-state index contributed by atoms with van der Waals surface area (Å²) in [6, 6.07) is 5.81. The van der Waals surface area contributed by atoms with Crippen LogP contribution in [0.3, 0.4) is 0 Å².